The third kappa shape index (κ3) is 5.60. The summed E-state index contributed by atoms with van der Waals surface area (Å²) < 4.78 is 0. The van der Waals surface area contributed by atoms with Crippen LogP contribution in [-0.2, 0) is 0 Å². The van der Waals surface area contributed by atoms with Crippen molar-refractivity contribution in [1.29, 1.82) is 0 Å². The molecule has 66 valence electrons. The van der Waals surface area contributed by atoms with E-state index in [1.165, 1.54) is 62.9 Å². The summed E-state index contributed by atoms with van der Waals surface area (Å²) in [6.45, 7) is 0. The highest BCUT2D eigenvalue weighted by Crippen LogP contribution is 2.15. The molecule has 1 aliphatic heterocycles. The monoisotopic (exact) mass is 172 g/mol. The van der Waals surface area contributed by atoms with Crippen LogP contribution in [0.2, 0.25) is 0 Å². The highest BCUT2D eigenvalue weighted by molar-refractivity contribution is 7.99. The fourth-order valence-electron chi connectivity index (χ4n) is 1.57. The zero-order valence-electron chi connectivity index (χ0n) is 7.48. The molecule has 0 aliphatic carbocycles. The lowest BCUT2D eigenvalue weighted by atomic mass is 10.1. The van der Waals surface area contributed by atoms with Crippen molar-refractivity contribution in [3.8, 4) is 0 Å². The molecule has 1 saturated heterocycles. The van der Waals surface area contributed by atoms with Gasteiger partial charge < -0.3 is 0 Å². The molecule has 1 heteroatoms. The molecule has 0 saturated carbocycles. The van der Waals surface area contributed by atoms with E-state index in [1.807, 2.05) is 0 Å². The summed E-state index contributed by atoms with van der Waals surface area (Å²) in [5, 5.41) is 0. The maximum absolute atomic E-state index is 2.16. The van der Waals surface area contributed by atoms with E-state index in [0.29, 0.717) is 0 Å². The normalized spacial score (nSPS) is 24.0. The van der Waals surface area contributed by atoms with Crippen LogP contribution in [0.3, 0.4) is 0 Å². The van der Waals surface area contributed by atoms with Gasteiger partial charge in [-0.3, -0.25) is 0 Å². The third-order valence-electron chi connectivity index (χ3n) is 2.33. The minimum atomic E-state index is 1.42. The van der Waals surface area contributed by atoms with Crippen molar-refractivity contribution in [2.75, 3.05) is 11.5 Å². The Labute approximate surface area is 75.1 Å². The van der Waals surface area contributed by atoms with Crippen LogP contribution in [0.5, 0.6) is 0 Å². The summed E-state index contributed by atoms with van der Waals surface area (Å²) in [6.07, 6.45) is 11.8. The lowest BCUT2D eigenvalue weighted by Crippen LogP contribution is -1.82. The molecule has 0 spiro atoms. The van der Waals surface area contributed by atoms with Crippen molar-refractivity contribution < 1.29 is 0 Å². The highest BCUT2D eigenvalue weighted by atomic mass is 32.2. The molecule has 0 nitrogen and oxygen atoms in total. The van der Waals surface area contributed by atoms with Gasteiger partial charge in [-0.2, -0.15) is 11.8 Å². The van der Waals surface area contributed by atoms with Crippen molar-refractivity contribution >= 4 is 11.8 Å². The predicted octanol–water partition coefficient (Wildman–Crippen LogP) is 3.85. The topological polar surface area (TPSA) is 0 Å². The minimum absolute atomic E-state index is 1.42. The van der Waals surface area contributed by atoms with Gasteiger partial charge in [0.1, 0.15) is 0 Å². The molecule has 0 aromatic carbocycles. The van der Waals surface area contributed by atoms with E-state index >= 15 is 0 Å². The lowest BCUT2D eigenvalue weighted by molar-refractivity contribution is 0.591. The van der Waals surface area contributed by atoms with Gasteiger partial charge in [-0.25, -0.2) is 0 Å². The molecular weight excluding hydrogens is 152 g/mol. The second kappa shape index (κ2) is 7.02. The van der Waals surface area contributed by atoms with E-state index in [1.54, 1.807) is 0 Å². The summed E-state index contributed by atoms with van der Waals surface area (Å²) in [7, 11) is 0. The van der Waals surface area contributed by atoms with E-state index < -0.39 is 0 Å². The minimum Gasteiger partial charge on any atom is -0.162 e. The van der Waals surface area contributed by atoms with Crippen molar-refractivity contribution in [3.63, 3.8) is 0 Å². The summed E-state index contributed by atoms with van der Waals surface area (Å²) in [6, 6.07) is 0. The number of rotatable bonds is 0. The number of hydrogen-bond acceptors (Lipinski definition) is 1. The second-order valence-corrected chi connectivity index (χ2v) is 4.67. The summed E-state index contributed by atoms with van der Waals surface area (Å²) in [4.78, 5) is 0. The van der Waals surface area contributed by atoms with Crippen LogP contribution in [0.25, 0.3) is 0 Å². The molecule has 0 radical (unpaired) electrons. The van der Waals surface area contributed by atoms with E-state index in [2.05, 4.69) is 11.8 Å². The fraction of sp³-hybridized carbons (Fsp3) is 1.00. The summed E-state index contributed by atoms with van der Waals surface area (Å²) in [5.41, 5.74) is 0. The molecule has 0 aromatic rings. The summed E-state index contributed by atoms with van der Waals surface area (Å²) in [5.74, 6) is 2.83. The average Bonchev–Trinajstić information content (AvgIpc) is 2.08. The fourth-order valence-corrected chi connectivity index (χ4v) is 2.59. The summed E-state index contributed by atoms with van der Waals surface area (Å²) >= 11 is 2.16. The smallest absolute Gasteiger partial charge is 0.00675 e. The molecule has 1 fully saturated rings. The van der Waals surface area contributed by atoms with Gasteiger partial charge in [0.2, 0.25) is 0 Å². The molecule has 11 heavy (non-hydrogen) atoms. The van der Waals surface area contributed by atoms with Crippen molar-refractivity contribution in [2.24, 2.45) is 0 Å². The van der Waals surface area contributed by atoms with Crippen LogP contribution in [0.15, 0.2) is 0 Å². The van der Waals surface area contributed by atoms with Gasteiger partial charge in [0.15, 0.2) is 0 Å². The quantitative estimate of drug-likeness (QED) is 0.535. The Balaban J connectivity index is 2.02. The zero-order valence-corrected chi connectivity index (χ0v) is 8.30. The van der Waals surface area contributed by atoms with Crippen molar-refractivity contribution in [3.05, 3.63) is 0 Å². The first-order valence-corrected chi connectivity index (χ1v) is 6.23. The highest BCUT2D eigenvalue weighted by Gasteiger charge is 1.96. The molecule has 0 unspecified atom stereocenters. The lowest BCUT2D eigenvalue weighted by Gasteiger charge is -1.97. The molecule has 0 atom stereocenters. The first kappa shape index (κ1) is 9.44. The van der Waals surface area contributed by atoms with Gasteiger partial charge in [-0.15, -0.1) is 0 Å². The first-order chi connectivity index (χ1) is 5.50. The predicted molar refractivity (Wildman–Crippen MR) is 54.3 cm³/mol. The maximum atomic E-state index is 2.16. The molecule has 0 N–H and O–H groups in total. The average molecular weight is 172 g/mol. The Morgan fingerprint density at radius 3 is 1.27 bits per heavy atom. The SMILES string of the molecule is C1CCCCCSCCCC1. The first-order valence-electron chi connectivity index (χ1n) is 5.08. The van der Waals surface area contributed by atoms with Crippen LogP contribution >= 0.6 is 11.8 Å². The van der Waals surface area contributed by atoms with Crippen LogP contribution in [0, 0.1) is 0 Å². The Hall–Kier alpha value is 0.350. The Kier molecular flexibility index (Phi) is 6.03. The van der Waals surface area contributed by atoms with E-state index in [9.17, 15) is 0 Å². The van der Waals surface area contributed by atoms with Gasteiger partial charge in [-0.1, -0.05) is 38.5 Å². The second-order valence-electron chi connectivity index (χ2n) is 3.44. The van der Waals surface area contributed by atoms with Crippen molar-refractivity contribution in [1.82, 2.24) is 0 Å². The standard InChI is InChI=1S/C10H20S/c1-2-4-6-8-10-11-9-7-5-3-1/h1-10H2. The van der Waals surface area contributed by atoms with Crippen LogP contribution in [0.1, 0.15) is 51.4 Å². The molecule has 1 heterocycles. The maximum Gasteiger partial charge on any atom is -0.00675 e. The molecule has 0 bridgehead atoms. The molecule has 0 aromatic heterocycles. The van der Waals surface area contributed by atoms with E-state index in [4.69, 9.17) is 0 Å². The third-order valence-corrected chi connectivity index (χ3v) is 3.48. The van der Waals surface area contributed by atoms with E-state index in [0.717, 1.165) is 0 Å². The molecular formula is C10H20S. The van der Waals surface area contributed by atoms with Gasteiger partial charge >= 0.3 is 0 Å². The van der Waals surface area contributed by atoms with Crippen LogP contribution < -0.4 is 0 Å². The van der Waals surface area contributed by atoms with Crippen LogP contribution in [-0.4, -0.2) is 11.5 Å². The van der Waals surface area contributed by atoms with Gasteiger partial charge in [0.05, 0.1) is 0 Å². The number of hydrogen-bond donors (Lipinski definition) is 0. The molecule has 0 amide bonds. The van der Waals surface area contributed by atoms with Crippen molar-refractivity contribution in [2.45, 2.75) is 51.4 Å². The Bertz CT molecular complexity index is 42.9. The molecule has 1 rings (SSSR count). The Morgan fingerprint density at radius 2 is 0.818 bits per heavy atom. The van der Waals surface area contributed by atoms with Crippen LogP contribution in [0.4, 0.5) is 0 Å². The zero-order chi connectivity index (χ0) is 7.78. The molecule has 1 aliphatic rings. The largest absolute Gasteiger partial charge is 0.162 e. The van der Waals surface area contributed by atoms with Gasteiger partial charge in [0, 0.05) is 0 Å². The number of thioether (sulfide) groups is 1. The van der Waals surface area contributed by atoms with Gasteiger partial charge in [-0.05, 0) is 24.3 Å². The Morgan fingerprint density at radius 1 is 0.455 bits per heavy atom. The van der Waals surface area contributed by atoms with Gasteiger partial charge in [0.25, 0.3) is 0 Å². The van der Waals surface area contributed by atoms with E-state index in [-0.39, 0.29) is 0 Å².